The second kappa shape index (κ2) is 12.4. The Bertz CT molecular complexity index is 1370. The first-order chi connectivity index (χ1) is 18.8. The first kappa shape index (κ1) is 28.1. The van der Waals surface area contributed by atoms with Crippen LogP contribution in [0.1, 0.15) is 68.1 Å². The predicted octanol–water partition coefficient (Wildman–Crippen LogP) is 4.99. The molecule has 3 N–H and O–H groups in total. The first-order valence-electron chi connectivity index (χ1n) is 14.2. The summed E-state index contributed by atoms with van der Waals surface area (Å²) in [5, 5.41) is 0.697. The number of aryl methyl sites for hydroxylation is 2. The van der Waals surface area contributed by atoms with Crippen molar-refractivity contribution in [3.63, 3.8) is 0 Å². The van der Waals surface area contributed by atoms with Gasteiger partial charge in [-0.1, -0.05) is 19.1 Å². The zero-order valence-corrected chi connectivity index (χ0v) is 24.6. The molecule has 0 spiro atoms. The van der Waals surface area contributed by atoms with E-state index < -0.39 is 10.0 Å². The number of aromatic nitrogens is 3. The van der Waals surface area contributed by atoms with Gasteiger partial charge in [0.25, 0.3) is 0 Å². The number of hydrogen-bond acceptors (Lipinski definition) is 8. The number of rotatable bonds is 10. The molecule has 39 heavy (non-hydrogen) atoms. The van der Waals surface area contributed by atoms with E-state index in [1.807, 2.05) is 19.1 Å². The second-order valence-corrected chi connectivity index (χ2v) is 13.9. The minimum Gasteiger partial charge on any atom is -0.375 e. The van der Waals surface area contributed by atoms with Crippen molar-refractivity contribution < 1.29 is 8.42 Å². The second-order valence-electron chi connectivity index (χ2n) is 11.0. The van der Waals surface area contributed by atoms with Gasteiger partial charge in [0, 0.05) is 34.4 Å². The summed E-state index contributed by atoms with van der Waals surface area (Å²) in [5.74, 6) is 1.18. The zero-order chi connectivity index (χ0) is 27.4. The Kier molecular flexibility index (Phi) is 8.96. The summed E-state index contributed by atoms with van der Waals surface area (Å²) in [6.07, 6.45) is 11.1. The summed E-state index contributed by atoms with van der Waals surface area (Å²) in [4.78, 5) is 17.6. The van der Waals surface area contributed by atoms with Crippen molar-refractivity contribution in [2.45, 2.75) is 88.6 Å². The highest BCUT2D eigenvalue weighted by molar-refractivity contribution is 7.89. The van der Waals surface area contributed by atoms with Gasteiger partial charge >= 0.3 is 0 Å². The number of nitrogens with zero attached hydrogens (tertiary/aromatic N) is 4. The molecule has 1 saturated carbocycles. The van der Waals surface area contributed by atoms with Crippen LogP contribution in [0.15, 0.2) is 41.4 Å². The van der Waals surface area contributed by atoms with Crippen LogP contribution >= 0.6 is 11.3 Å². The largest absolute Gasteiger partial charge is 0.375 e. The lowest BCUT2D eigenvalue weighted by atomic mass is 9.84. The van der Waals surface area contributed by atoms with Crippen LogP contribution in [0, 0.1) is 12.8 Å². The Morgan fingerprint density at radius 3 is 2.69 bits per heavy atom. The number of fused-ring (bicyclic) bond motifs is 1. The lowest BCUT2D eigenvalue weighted by Gasteiger charge is -2.36. The molecular formula is C29H40N6O2S2. The van der Waals surface area contributed by atoms with Gasteiger partial charge in [-0.2, -0.15) is 0 Å². The Hall–Kier alpha value is -2.40. The highest BCUT2D eigenvalue weighted by atomic mass is 32.2. The van der Waals surface area contributed by atoms with Gasteiger partial charge in [0.2, 0.25) is 10.0 Å². The molecule has 0 radical (unpaired) electrons. The molecule has 8 nitrogen and oxygen atoms in total. The van der Waals surface area contributed by atoms with E-state index in [1.54, 1.807) is 35.7 Å². The number of thiazole rings is 1. The summed E-state index contributed by atoms with van der Waals surface area (Å²) < 4.78 is 29.4. The molecule has 2 aromatic heterocycles. The van der Waals surface area contributed by atoms with Crippen molar-refractivity contribution in [1.29, 1.82) is 0 Å². The molecule has 2 heterocycles. The fraction of sp³-hybridized carbons (Fsp3) is 0.552. The van der Waals surface area contributed by atoms with E-state index in [0.29, 0.717) is 28.5 Å². The van der Waals surface area contributed by atoms with E-state index in [-0.39, 0.29) is 10.9 Å². The quantitative estimate of drug-likeness (QED) is 0.354. The molecule has 10 heteroatoms. The van der Waals surface area contributed by atoms with Gasteiger partial charge < -0.3 is 10.6 Å². The van der Waals surface area contributed by atoms with Crippen LogP contribution < -0.4 is 10.5 Å². The lowest BCUT2D eigenvalue weighted by molar-refractivity contribution is 0.158. The molecule has 5 rings (SSSR count). The highest BCUT2D eigenvalue weighted by Crippen LogP contribution is 2.32. The number of hydrogen-bond donors (Lipinski definition) is 2. The van der Waals surface area contributed by atoms with E-state index in [4.69, 9.17) is 5.73 Å². The maximum Gasteiger partial charge on any atom is 0.240 e. The molecule has 0 saturated heterocycles. The average molecular weight is 569 g/mol. The Morgan fingerprint density at radius 2 is 1.92 bits per heavy atom. The third-order valence-electron chi connectivity index (χ3n) is 8.15. The number of anilines is 1. The number of nitrogen functional groups attached to an aromatic ring is 1. The molecular weight excluding hydrogens is 528 g/mol. The molecule has 3 aromatic rings. The van der Waals surface area contributed by atoms with Gasteiger partial charge in [0.1, 0.15) is 0 Å². The molecule has 0 aliphatic heterocycles. The minimum absolute atomic E-state index is 0.0228. The zero-order valence-electron chi connectivity index (χ0n) is 23.0. The Labute approximate surface area is 236 Å². The predicted molar refractivity (Wildman–Crippen MR) is 157 cm³/mol. The third kappa shape index (κ3) is 7.03. The summed E-state index contributed by atoms with van der Waals surface area (Å²) in [7, 11) is -3.62. The Morgan fingerprint density at radius 1 is 1.10 bits per heavy atom. The van der Waals surface area contributed by atoms with Crippen molar-refractivity contribution in [1.82, 2.24) is 24.6 Å². The SMILES string of the molecule is CCCN(CCC1CCC(NS(=O)(=O)c2cccc(-c3nccc(C)n3)c2)CC1)[C@H]1CCc2nc(N)sc2C1. The van der Waals surface area contributed by atoms with Gasteiger partial charge in [-0.25, -0.2) is 28.1 Å². The first-order valence-corrected chi connectivity index (χ1v) is 16.5. The van der Waals surface area contributed by atoms with Gasteiger partial charge in [-0.05, 0) is 102 Å². The molecule has 1 fully saturated rings. The summed E-state index contributed by atoms with van der Waals surface area (Å²) in [5.41, 5.74) is 8.72. The van der Waals surface area contributed by atoms with Crippen LogP contribution in [-0.4, -0.2) is 53.4 Å². The fourth-order valence-corrected chi connectivity index (χ4v) is 8.35. The van der Waals surface area contributed by atoms with Crippen molar-refractivity contribution in [2.75, 3.05) is 18.8 Å². The molecule has 2 aliphatic rings. The van der Waals surface area contributed by atoms with E-state index in [9.17, 15) is 8.42 Å². The monoisotopic (exact) mass is 568 g/mol. The maximum atomic E-state index is 13.2. The van der Waals surface area contributed by atoms with Crippen molar-refractivity contribution in [3.05, 3.63) is 52.8 Å². The highest BCUT2D eigenvalue weighted by Gasteiger charge is 2.29. The molecule has 1 aromatic carbocycles. The van der Waals surface area contributed by atoms with Crippen molar-refractivity contribution in [3.8, 4) is 11.4 Å². The number of nitrogens with two attached hydrogens (primary N) is 1. The lowest BCUT2D eigenvalue weighted by Crippen LogP contribution is -2.41. The average Bonchev–Trinajstić information content (AvgIpc) is 3.31. The van der Waals surface area contributed by atoms with Gasteiger partial charge in [0.05, 0.1) is 10.6 Å². The molecule has 0 bridgehead atoms. The van der Waals surface area contributed by atoms with Crippen molar-refractivity contribution in [2.24, 2.45) is 5.92 Å². The van der Waals surface area contributed by atoms with Crippen LogP contribution in [0.2, 0.25) is 0 Å². The number of nitrogens with one attached hydrogen (secondary N) is 1. The number of sulfonamides is 1. The minimum atomic E-state index is -3.62. The smallest absolute Gasteiger partial charge is 0.240 e. The standard InChI is InChI=1S/C29H40N6O2S2/c1-3-16-35(24-11-12-26-27(19-24)38-29(30)33-26)17-14-21-7-9-23(10-8-21)34-39(36,37)25-6-4-5-22(18-25)28-31-15-13-20(2)32-28/h4-6,13,15,18,21,23-24,34H,3,7-12,14,16-17,19H2,1-2H3,(H2,30,33)/t21?,23?,24-/m0/s1. The molecule has 2 aliphatic carbocycles. The van der Waals surface area contributed by atoms with Gasteiger partial charge in [-0.3, -0.25) is 0 Å². The van der Waals surface area contributed by atoms with Gasteiger partial charge in [-0.15, -0.1) is 11.3 Å². The number of benzene rings is 1. The topological polar surface area (TPSA) is 114 Å². The summed E-state index contributed by atoms with van der Waals surface area (Å²) in [6, 6.07) is 9.29. The normalized spacial score (nSPS) is 21.7. The van der Waals surface area contributed by atoms with Crippen molar-refractivity contribution >= 4 is 26.5 Å². The fourth-order valence-electron chi connectivity index (χ4n) is 6.05. The van der Waals surface area contributed by atoms with Crippen LogP contribution in [0.4, 0.5) is 5.13 Å². The van der Waals surface area contributed by atoms with Crippen LogP contribution in [0.3, 0.4) is 0 Å². The van der Waals surface area contributed by atoms with E-state index in [1.165, 1.54) is 17.0 Å². The molecule has 0 amide bonds. The molecule has 0 unspecified atom stereocenters. The van der Waals surface area contributed by atoms with E-state index in [0.717, 1.165) is 70.2 Å². The molecule has 210 valence electrons. The van der Waals surface area contributed by atoms with Crippen LogP contribution in [0.25, 0.3) is 11.4 Å². The molecule has 1 atom stereocenters. The summed E-state index contributed by atoms with van der Waals surface area (Å²) >= 11 is 1.66. The maximum absolute atomic E-state index is 13.2. The van der Waals surface area contributed by atoms with Gasteiger partial charge in [0.15, 0.2) is 11.0 Å². The van der Waals surface area contributed by atoms with E-state index >= 15 is 0 Å². The van der Waals surface area contributed by atoms with Crippen LogP contribution in [-0.2, 0) is 22.9 Å². The van der Waals surface area contributed by atoms with Crippen LogP contribution in [0.5, 0.6) is 0 Å². The Balaban J connectivity index is 1.13. The van der Waals surface area contributed by atoms with E-state index in [2.05, 4.69) is 31.5 Å². The summed E-state index contributed by atoms with van der Waals surface area (Å²) in [6.45, 7) is 6.38. The third-order valence-corrected chi connectivity index (χ3v) is 10.6.